The summed E-state index contributed by atoms with van der Waals surface area (Å²) < 4.78 is 32.7. The smallest absolute Gasteiger partial charge is 0.224 e. The molecular formula is C24H31ClN2O4S. The van der Waals surface area contributed by atoms with E-state index in [9.17, 15) is 13.2 Å². The summed E-state index contributed by atoms with van der Waals surface area (Å²) in [5, 5.41) is 3.64. The Labute approximate surface area is 196 Å². The second kappa shape index (κ2) is 10.7. The molecule has 1 N–H and O–H groups in total. The van der Waals surface area contributed by atoms with Crippen LogP contribution in [0, 0.1) is 12.8 Å². The van der Waals surface area contributed by atoms with E-state index >= 15 is 0 Å². The molecule has 2 aromatic carbocycles. The van der Waals surface area contributed by atoms with Gasteiger partial charge < -0.3 is 10.1 Å². The molecule has 0 saturated carbocycles. The molecule has 2 aromatic rings. The summed E-state index contributed by atoms with van der Waals surface area (Å²) in [4.78, 5) is 13.0. The van der Waals surface area contributed by atoms with E-state index in [1.54, 1.807) is 31.4 Å². The van der Waals surface area contributed by atoms with Crippen LogP contribution >= 0.6 is 11.6 Å². The minimum atomic E-state index is -3.54. The van der Waals surface area contributed by atoms with Gasteiger partial charge in [-0.05, 0) is 61.1 Å². The van der Waals surface area contributed by atoms with Gasteiger partial charge in [0.2, 0.25) is 15.9 Å². The Morgan fingerprint density at radius 2 is 2.06 bits per heavy atom. The third kappa shape index (κ3) is 6.03. The van der Waals surface area contributed by atoms with Gasteiger partial charge >= 0.3 is 0 Å². The van der Waals surface area contributed by atoms with E-state index in [1.807, 2.05) is 32.0 Å². The third-order valence-electron chi connectivity index (χ3n) is 5.93. The molecule has 1 aliphatic rings. The molecule has 1 fully saturated rings. The van der Waals surface area contributed by atoms with Crippen molar-refractivity contribution in [2.45, 2.75) is 44.9 Å². The zero-order valence-electron chi connectivity index (χ0n) is 18.8. The van der Waals surface area contributed by atoms with Gasteiger partial charge in [-0.3, -0.25) is 4.79 Å². The van der Waals surface area contributed by atoms with E-state index in [2.05, 4.69) is 5.32 Å². The molecule has 1 saturated heterocycles. The highest BCUT2D eigenvalue weighted by atomic mass is 35.5. The lowest BCUT2D eigenvalue weighted by Gasteiger charge is -2.32. The second-order valence-corrected chi connectivity index (χ2v) is 10.7. The Hall–Kier alpha value is -2.09. The van der Waals surface area contributed by atoms with Crippen LogP contribution in [0.25, 0.3) is 0 Å². The number of nitrogens with zero attached hydrogens (tertiary/aromatic N) is 1. The molecular weight excluding hydrogens is 448 g/mol. The number of ether oxygens (including phenoxy) is 1. The van der Waals surface area contributed by atoms with Gasteiger partial charge in [0.1, 0.15) is 5.75 Å². The van der Waals surface area contributed by atoms with E-state index in [0.717, 1.165) is 23.3 Å². The number of hydrogen-bond donors (Lipinski definition) is 1. The molecule has 6 nitrogen and oxygen atoms in total. The molecule has 2 unspecified atom stereocenters. The van der Waals surface area contributed by atoms with Crippen LogP contribution in [0.1, 0.15) is 48.9 Å². The fourth-order valence-electron chi connectivity index (χ4n) is 4.17. The summed E-state index contributed by atoms with van der Waals surface area (Å²) in [5.74, 6) is 0.215. The molecule has 1 aliphatic heterocycles. The molecule has 32 heavy (non-hydrogen) atoms. The highest BCUT2D eigenvalue weighted by Gasteiger charge is 2.33. The Morgan fingerprint density at radius 3 is 2.72 bits per heavy atom. The van der Waals surface area contributed by atoms with Gasteiger partial charge in [-0.1, -0.05) is 42.8 Å². The molecule has 0 bridgehead atoms. The summed E-state index contributed by atoms with van der Waals surface area (Å²) in [6.45, 7) is 4.63. The largest absolute Gasteiger partial charge is 0.496 e. The zero-order valence-corrected chi connectivity index (χ0v) is 20.4. The van der Waals surface area contributed by atoms with Crippen molar-refractivity contribution in [3.63, 3.8) is 0 Å². The van der Waals surface area contributed by atoms with E-state index in [1.165, 1.54) is 4.31 Å². The summed E-state index contributed by atoms with van der Waals surface area (Å²) in [7, 11) is -1.90. The zero-order chi connectivity index (χ0) is 23.3. The number of amides is 1. The van der Waals surface area contributed by atoms with Gasteiger partial charge in [0.25, 0.3) is 0 Å². The Kier molecular flexibility index (Phi) is 8.20. The van der Waals surface area contributed by atoms with Crippen molar-refractivity contribution in [2.75, 3.05) is 20.2 Å². The minimum Gasteiger partial charge on any atom is -0.496 e. The standard InChI is InChI=1S/C24H31ClN2O4S/c1-4-22(19-10-11-23(31-3)17(2)13-19)26-24(28)20-8-6-12-27(15-20)32(29,30)16-18-7-5-9-21(25)14-18/h5,7,9-11,13-14,20,22H,4,6,8,12,15-16H2,1-3H3,(H,26,28). The maximum Gasteiger partial charge on any atom is 0.224 e. The Morgan fingerprint density at radius 1 is 1.28 bits per heavy atom. The van der Waals surface area contributed by atoms with Gasteiger partial charge in [0.15, 0.2) is 0 Å². The molecule has 0 aliphatic carbocycles. The van der Waals surface area contributed by atoms with Crippen LogP contribution in [0.2, 0.25) is 5.02 Å². The number of rotatable bonds is 8. The number of benzene rings is 2. The molecule has 3 rings (SSSR count). The number of methoxy groups -OCH3 is 1. The molecule has 0 spiro atoms. The number of piperidine rings is 1. The number of sulfonamides is 1. The number of aryl methyl sites for hydroxylation is 1. The number of carbonyl (C=O) groups is 1. The first-order valence-corrected chi connectivity index (χ1v) is 12.9. The van der Waals surface area contributed by atoms with Gasteiger partial charge in [0.05, 0.1) is 24.8 Å². The minimum absolute atomic E-state index is 0.104. The van der Waals surface area contributed by atoms with Crippen molar-refractivity contribution >= 4 is 27.5 Å². The number of nitrogens with one attached hydrogen (secondary N) is 1. The predicted molar refractivity (Wildman–Crippen MR) is 127 cm³/mol. The highest BCUT2D eigenvalue weighted by Crippen LogP contribution is 2.26. The molecule has 1 heterocycles. The predicted octanol–water partition coefficient (Wildman–Crippen LogP) is 4.47. The lowest BCUT2D eigenvalue weighted by atomic mass is 9.96. The first kappa shape index (κ1) is 24.6. The first-order chi connectivity index (χ1) is 15.2. The van der Waals surface area contributed by atoms with E-state index in [-0.39, 0.29) is 30.2 Å². The van der Waals surface area contributed by atoms with Gasteiger partial charge in [0, 0.05) is 18.1 Å². The monoisotopic (exact) mass is 478 g/mol. The van der Waals surface area contributed by atoms with Crippen LogP contribution in [0.15, 0.2) is 42.5 Å². The van der Waals surface area contributed by atoms with Crippen LogP contribution in [0.3, 0.4) is 0 Å². The van der Waals surface area contributed by atoms with Crippen LogP contribution in [-0.4, -0.2) is 38.8 Å². The van der Waals surface area contributed by atoms with E-state index in [0.29, 0.717) is 30.0 Å². The number of halogens is 1. The Bertz CT molecular complexity index is 1060. The lowest BCUT2D eigenvalue weighted by molar-refractivity contribution is -0.126. The van der Waals surface area contributed by atoms with Crippen molar-refractivity contribution < 1.29 is 17.9 Å². The topological polar surface area (TPSA) is 75.7 Å². The Balaban J connectivity index is 1.67. The summed E-state index contributed by atoms with van der Waals surface area (Å²) >= 11 is 6.00. The van der Waals surface area contributed by atoms with Crippen molar-refractivity contribution in [1.29, 1.82) is 0 Å². The van der Waals surface area contributed by atoms with Crippen LogP contribution in [0.5, 0.6) is 5.75 Å². The number of hydrogen-bond acceptors (Lipinski definition) is 4. The fourth-order valence-corrected chi connectivity index (χ4v) is 5.98. The van der Waals surface area contributed by atoms with Gasteiger partial charge in [-0.25, -0.2) is 12.7 Å². The van der Waals surface area contributed by atoms with E-state index < -0.39 is 10.0 Å². The highest BCUT2D eigenvalue weighted by molar-refractivity contribution is 7.88. The molecule has 8 heteroatoms. The third-order valence-corrected chi connectivity index (χ3v) is 7.98. The summed E-state index contributed by atoms with van der Waals surface area (Å²) in [6, 6.07) is 12.6. The van der Waals surface area contributed by atoms with Crippen molar-refractivity contribution in [2.24, 2.45) is 5.92 Å². The lowest BCUT2D eigenvalue weighted by Crippen LogP contribution is -2.46. The number of carbonyl (C=O) groups excluding carboxylic acids is 1. The van der Waals surface area contributed by atoms with Gasteiger partial charge in [-0.2, -0.15) is 0 Å². The van der Waals surface area contributed by atoms with Gasteiger partial charge in [-0.15, -0.1) is 0 Å². The summed E-state index contributed by atoms with van der Waals surface area (Å²) in [5.41, 5.74) is 2.67. The first-order valence-electron chi connectivity index (χ1n) is 10.9. The molecule has 1 amide bonds. The maximum absolute atomic E-state index is 13.0. The SMILES string of the molecule is CCC(NC(=O)C1CCCN(S(=O)(=O)Cc2cccc(Cl)c2)C1)c1ccc(OC)c(C)c1. The fraction of sp³-hybridized carbons (Fsp3) is 0.458. The van der Waals surface area contributed by atoms with Crippen molar-refractivity contribution in [3.8, 4) is 5.75 Å². The normalized spacial score (nSPS) is 18.2. The average Bonchev–Trinajstić information content (AvgIpc) is 2.77. The average molecular weight is 479 g/mol. The molecule has 174 valence electrons. The van der Waals surface area contributed by atoms with Crippen LogP contribution in [-0.2, 0) is 20.6 Å². The molecule has 0 radical (unpaired) electrons. The summed E-state index contributed by atoms with van der Waals surface area (Å²) in [6.07, 6.45) is 2.07. The van der Waals surface area contributed by atoms with Crippen molar-refractivity contribution in [1.82, 2.24) is 9.62 Å². The molecule has 0 aromatic heterocycles. The second-order valence-electron chi connectivity index (χ2n) is 8.28. The van der Waals surface area contributed by atoms with Crippen molar-refractivity contribution in [3.05, 3.63) is 64.2 Å². The molecule has 2 atom stereocenters. The van der Waals surface area contributed by atoms with Crippen LogP contribution in [0.4, 0.5) is 0 Å². The quantitative estimate of drug-likeness (QED) is 0.607. The maximum atomic E-state index is 13.0. The van der Waals surface area contributed by atoms with E-state index in [4.69, 9.17) is 16.3 Å². The van der Waals surface area contributed by atoms with Crippen LogP contribution < -0.4 is 10.1 Å².